The third-order valence-corrected chi connectivity index (χ3v) is 4.89. The Morgan fingerprint density at radius 3 is 2.63 bits per heavy atom. The van der Waals surface area contributed by atoms with Crippen molar-refractivity contribution in [2.45, 2.75) is 26.3 Å². The van der Waals surface area contributed by atoms with Gasteiger partial charge >= 0.3 is 10.2 Å². The zero-order valence-corrected chi connectivity index (χ0v) is 11.9. The molecule has 1 aliphatic rings. The van der Waals surface area contributed by atoms with Gasteiger partial charge < -0.3 is 5.73 Å². The second-order valence-corrected chi connectivity index (χ2v) is 6.62. The van der Waals surface area contributed by atoms with Crippen molar-refractivity contribution in [2.75, 3.05) is 17.8 Å². The van der Waals surface area contributed by atoms with Crippen LogP contribution in [0, 0.1) is 5.92 Å². The van der Waals surface area contributed by atoms with E-state index in [0.717, 1.165) is 18.4 Å². The molecule has 0 spiro atoms. The second-order valence-electron chi connectivity index (χ2n) is 4.94. The number of aromatic nitrogens is 1. The van der Waals surface area contributed by atoms with Crippen molar-refractivity contribution in [3.8, 4) is 0 Å². The highest BCUT2D eigenvalue weighted by Gasteiger charge is 2.26. The lowest BCUT2D eigenvalue weighted by Crippen LogP contribution is -2.41. The number of hydrogen-bond donors (Lipinski definition) is 2. The molecule has 1 saturated heterocycles. The predicted molar refractivity (Wildman–Crippen MR) is 74.6 cm³/mol. The molecule has 0 atom stereocenters. The molecule has 1 aromatic heterocycles. The maximum Gasteiger partial charge on any atom is 0.302 e. The van der Waals surface area contributed by atoms with Gasteiger partial charge in [-0.3, -0.25) is 4.72 Å². The van der Waals surface area contributed by atoms with E-state index in [1.54, 1.807) is 18.3 Å². The molecule has 2 heterocycles. The summed E-state index contributed by atoms with van der Waals surface area (Å²) < 4.78 is 28.3. The maximum absolute atomic E-state index is 12.2. The minimum Gasteiger partial charge on any atom is -0.326 e. The van der Waals surface area contributed by atoms with Crippen LogP contribution < -0.4 is 10.5 Å². The number of anilines is 1. The fourth-order valence-electron chi connectivity index (χ4n) is 2.03. The van der Waals surface area contributed by atoms with Gasteiger partial charge in [0.05, 0.1) is 0 Å². The highest BCUT2D eigenvalue weighted by molar-refractivity contribution is 7.90. The quantitative estimate of drug-likeness (QED) is 0.861. The van der Waals surface area contributed by atoms with E-state index < -0.39 is 10.2 Å². The van der Waals surface area contributed by atoms with E-state index in [1.807, 2.05) is 0 Å². The third kappa shape index (κ3) is 3.65. The summed E-state index contributed by atoms with van der Waals surface area (Å²) in [6.45, 7) is 3.67. The zero-order valence-electron chi connectivity index (χ0n) is 11.0. The average molecular weight is 284 g/mol. The topological polar surface area (TPSA) is 88.3 Å². The van der Waals surface area contributed by atoms with E-state index in [4.69, 9.17) is 5.73 Å². The molecule has 1 aliphatic heterocycles. The SMILES string of the molecule is CC1CCN(S(=O)(=O)Nc2ccc(CN)cn2)CC1. The smallest absolute Gasteiger partial charge is 0.302 e. The van der Waals surface area contributed by atoms with Crippen LogP contribution in [-0.2, 0) is 16.8 Å². The first-order valence-corrected chi connectivity index (χ1v) is 7.88. The summed E-state index contributed by atoms with van der Waals surface area (Å²) in [6, 6.07) is 3.40. The van der Waals surface area contributed by atoms with E-state index in [0.29, 0.717) is 31.4 Å². The van der Waals surface area contributed by atoms with Crippen molar-refractivity contribution >= 4 is 16.0 Å². The summed E-state index contributed by atoms with van der Waals surface area (Å²) in [4.78, 5) is 4.05. The molecule has 0 aliphatic carbocycles. The average Bonchev–Trinajstić information content (AvgIpc) is 2.40. The summed E-state index contributed by atoms with van der Waals surface area (Å²) in [6.07, 6.45) is 3.39. The van der Waals surface area contributed by atoms with Gasteiger partial charge in [-0.15, -0.1) is 0 Å². The van der Waals surface area contributed by atoms with Crippen molar-refractivity contribution in [1.29, 1.82) is 0 Å². The van der Waals surface area contributed by atoms with Crippen molar-refractivity contribution in [2.24, 2.45) is 11.7 Å². The van der Waals surface area contributed by atoms with Gasteiger partial charge in [0.2, 0.25) is 0 Å². The molecule has 19 heavy (non-hydrogen) atoms. The Bertz CT molecular complexity index is 507. The van der Waals surface area contributed by atoms with Crippen molar-refractivity contribution in [3.05, 3.63) is 23.9 Å². The summed E-state index contributed by atoms with van der Waals surface area (Å²) in [5.41, 5.74) is 6.34. The molecule has 0 saturated carbocycles. The van der Waals surface area contributed by atoms with Crippen LogP contribution in [0.2, 0.25) is 0 Å². The molecule has 2 rings (SSSR count). The second kappa shape index (κ2) is 5.85. The Hall–Kier alpha value is -1.18. The highest BCUT2D eigenvalue weighted by Crippen LogP contribution is 2.19. The largest absolute Gasteiger partial charge is 0.326 e. The number of nitrogens with zero attached hydrogens (tertiary/aromatic N) is 2. The van der Waals surface area contributed by atoms with Crippen LogP contribution in [-0.4, -0.2) is 30.8 Å². The van der Waals surface area contributed by atoms with E-state index in [2.05, 4.69) is 16.6 Å². The molecule has 0 amide bonds. The molecule has 7 heteroatoms. The van der Waals surface area contributed by atoms with Crippen LogP contribution in [0.15, 0.2) is 18.3 Å². The monoisotopic (exact) mass is 284 g/mol. The van der Waals surface area contributed by atoms with Gasteiger partial charge in [0.15, 0.2) is 0 Å². The van der Waals surface area contributed by atoms with Crippen molar-refractivity contribution in [1.82, 2.24) is 9.29 Å². The number of nitrogens with one attached hydrogen (secondary N) is 1. The molecule has 0 unspecified atom stereocenters. The number of pyridine rings is 1. The summed E-state index contributed by atoms with van der Waals surface area (Å²) in [7, 11) is -3.49. The van der Waals surface area contributed by atoms with Crippen LogP contribution in [0.3, 0.4) is 0 Å². The van der Waals surface area contributed by atoms with Crippen LogP contribution in [0.5, 0.6) is 0 Å². The van der Waals surface area contributed by atoms with Gasteiger partial charge in [-0.2, -0.15) is 12.7 Å². The molecule has 0 aromatic carbocycles. The number of hydrogen-bond acceptors (Lipinski definition) is 4. The molecule has 1 aromatic rings. The van der Waals surface area contributed by atoms with Crippen molar-refractivity contribution in [3.63, 3.8) is 0 Å². The minimum absolute atomic E-state index is 0.329. The number of nitrogens with two attached hydrogens (primary N) is 1. The Morgan fingerprint density at radius 1 is 1.42 bits per heavy atom. The highest BCUT2D eigenvalue weighted by atomic mass is 32.2. The van der Waals surface area contributed by atoms with Crippen LogP contribution in [0.1, 0.15) is 25.3 Å². The molecular weight excluding hydrogens is 264 g/mol. The first-order chi connectivity index (χ1) is 9.01. The van der Waals surface area contributed by atoms with Gasteiger partial charge in [0.1, 0.15) is 5.82 Å². The van der Waals surface area contributed by atoms with E-state index in [9.17, 15) is 8.42 Å². The molecule has 0 bridgehead atoms. The zero-order chi connectivity index (χ0) is 13.9. The van der Waals surface area contributed by atoms with Gasteiger partial charge in [-0.25, -0.2) is 4.98 Å². The van der Waals surface area contributed by atoms with Gasteiger partial charge in [-0.1, -0.05) is 13.0 Å². The van der Waals surface area contributed by atoms with Crippen LogP contribution in [0.4, 0.5) is 5.82 Å². The number of piperidine rings is 1. The Labute approximate surface area is 114 Å². The fourth-order valence-corrected chi connectivity index (χ4v) is 3.23. The van der Waals surface area contributed by atoms with Crippen molar-refractivity contribution < 1.29 is 8.42 Å². The van der Waals surface area contributed by atoms with E-state index in [1.165, 1.54) is 4.31 Å². The molecular formula is C12H20N4O2S. The molecule has 6 nitrogen and oxygen atoms in total. The standard InChI is InChI=1S/C12H20N4O2S/c1-10-4-6-16(7-5-10)19(17,18)15-12-3-2-11(8-13)9-14-12/h2-3,9-10H,4-8,13H2,1H3,(H,14,15). The van der Waals surface area contributed by atoms with Gasteiger partial charge in [0.25, 0.3) is 0 Å². The summed E-state index contributed by atoms with van der Waals surface area (Å²) >= 11 is 0. The fraction of sp³-hybridized carbons (Fsp3) is 0.583. The number of rotatable bonds is 4. The normalized spacial score (nSPS) is 18.4. The van der Waals surface area contributed by atoms with Crippen LogP contribution >= 0.6 is 0 Å². The molecule has 0 radical (unpaired) electrons. The molecule has 3 N–H and O–H groups in total. The Kier molecular flexibility index (Phi) is 4.38. The van der Waals surface area contributed by atoms with E-state index >= 15 is 0 Å². The predicted octanol–water partition coefficient (Wildman–Crippen LogP) is 0.929. The lowest BCUT2D eigenvalue weighted by atomic mass is 10.0. The minimum atomic E-state index is -3.49. The first-order valence-electron chi connectivity index (χ1n) is 6.44. The lowest BCUT2D eigenvalue weighted by Gasteiger charge is -2.29. The van der Waals surface area contributed by atoms with Gasteiger partial charge in [-0.05, 0) is 30.4 Å². The van der Waals surface area contributed by atoms with Crippen LogP contribution in [0.25, 0.3) is 0 Å². The molecule has 106 valence electrons. The Morgan fingerprint density at radius 2 is 2.11 bits per heavy atom. The summed E-state index contributed by atoms with van der Waals surface area (Å²) in [5.74, 6) is 0.921. The lowest BCUT2D eigenvalue weighted by molar-refractivity contribution is 0.289. The first kappa shape index (κ1) is 14.2. The maximum atomic E-state index is 12.2. The third-order valence-electron chi connectivity index (χ3n) is 3.38. The summed E-state index contributed by atoms with van der Waals surface area (Å²) in [5, 5.41) is 0. The van der Waals surface area contributed by atoms with Gasteiger partial charge in [0, 0.05) is 25.8 Å². The Balaban J connectivity index is 2.03. The van der Waals surface area contributed by atoms with E-state index in [-0.39, 0.29) is 0 Å². The molecule has 1 fully saturated rings.